The highest BCUT2D eigenvalue weighted by molar-refractivity contribution is 6.31. The number of nitrogens with one attached hydrogen (secondary N) is 1. The number of imidazole rings is 1. The second kappa shape index (κ2) is 7.34. The van der Waals surface area contributed by atoms with Gasteiger partial charge in [0, 0.05) is 18.6 Å². The maximum atomic E-state index is 10.2. The molecule has 0 aliphatic carbocycles. The number of aryl methyl sites for hydroxylation is 1. The van der Waals surface area contributed by atoms with E-state index >= 15 is 0 Å². The van der Waals surface area contributed by atoms with E-state index in [4.69, 9.17) is 11.6 Å². The molecule has 0 spiro atoms. The molecular weight excluding hydrogens is 322 g/mol. The van der Waals surface area contributed by atoms with Crippen molar-refractivity contribution in [3.8, 4) is 0 Å². The van der Waals surface area contributed by atoms with Gasteiger partial charge in [0.15, 0.2) is 0 Å². The van der Waals surface area contributed by atoms with Crippen LogP contribution in [0.25, 0.3) is 11.0 Å². The van der Waals surface area contributed by atoms with Gasteiger partial charge in [-0.3, -0.25) is 0 Å². The molecule has 3 aromatic rings. The fraction of sp³-hybridized carbons (Fsp3) is 0.316. The van der Waals surface area contributed by atoms with Gasteiger partial charge in [0.1, 0.15) is 5.82 Å². The molecule has 126 valence electrons. The Bertz CT molecular complexity index is 816. The number of aliphatic hydroxyl groups excluding tert-OH is 1. The van der Waals surface area contributed by atoms with E-state index in [9.17, 15) is 5.11 Å². The number of halogens is 1. The fourth-order valence-electron chi connectivity index (χ4n) is 2.94. The Labute approximate surface area is 147 Å². The van der Waals surface area contributed by atoms with Crippen molar-refractivity contribution in [2.45, 2.75) is 25.5 Å². The Morgan fingerprint density at radius 2 is 1.96 bits per heavy atom. The van der Waals surface area contributed by atoms with Crippen LogP contribution in [0.5, 0.6) is 0 Å². The molecule has 4 nitrogen and oxygen atoms in total. The molecule has 0 amide bonds. The van der Waals surface area contributed by atoms with Crippen LogP contribution in [0, 0.1) is 0 Å². The maximum absolute atomic E-state index is 10.2. The molecule has 0 aliphatic rings. The Morgan fingerprint density at radius 1 is 1.21 bits per heavy atom. The summed E-state index contributed by atoms with van der Waals surface area (Å²) < 4.78 is 2.06. The van der Waals surface area contributed by atoms with Crippen molar-refractivity contribution in [1.82, 2.24) is 14.9 Å². The third-order valence-electron chi connectivity index (χ3n) is 4.24. The van der Waals surface area contributed by atoms with Gasteiger partial charge in [-0.2, -0.15) is 0 Å². The number of fused-ring (bicyclic) bond motifs is 1. The minimum absolute atomic E-state index is 0.0339. The van der Waals surface area contributed by atoms with E-state index < -0.39 is 6.10 Å². The fourth-order valence-corrected chi connectivity index (χ4v) is 3.11. The molecule has 1 heterocycles. The summed E-state index contributed by atoms with van der Waals surface area (Å²) in [5.74, 6) is 0.930. The minimum atomic E-state index is -0.432. The second-order valence-corrected chi connectivity index (χ2v) is 6.57. The molecule has 1 aromatic heterocycles. The lowest BCUT2D eigenvalue weighted by atomic mass is 10.1. The minimum Gasteiger partial charge on any atom is -0.391 e. The largest absolute Gasteiger partial charge is 0.391 e. The molecule has 0 saturated heterocycles. The van der Waals surface area contributed by atoms with Gasteiger partial charge in [-0.1, -0.05) is 41.9 Å². The van der Waals surface area contributed by atoms with Crippen LogP contribution < -0.4 is 5.32 Å². The molecule has 5 heteroatoms. The molecule has 2 atom stereocenters. The van der Waals surface area contributed by atoms with Crippen molar-refractivity contribution in [3.05, 3.63) is 64.9 Å². The van der Waals surface area contributed by atoms with E-state index in [1.807, 2.05) is 55.6 Å². The van der Waals surface area contributed by atoms with Crippen molar-refractivity contribution < 1.29 is 5.11 Å². The van der Waals surface area contributed by atoms with Crippen molar-refractivity contribution in [3.63, 3.8) is 0 Å². The summed E-state index contributed by atoms with van der Waals surface area (Å²) in [7, 11) is 2.00. The third-order valence-corrected chi connectivity index (χ3v) is 4.47. The topological polar surface area (TPSA) is 50.1 Å². The summed E-state index contributed by atoms with van der Waals surface area (Å²) in [5.41, 5.74) is 3.07. The van der Waals surface area contributed by atoms with Crippen LogP contribution in [-0.4, -0.2) is 27.3 Å². The number of rotatable bonds is 6. The highest BCUT2D eigenvalue weighted by Crippen LogP contribution is 2.22. The van der Waals surface area contributed by atoms with Crippen LogP contribution in [0.4, 0.5) is 0 Å². The molecule has 0 saturated carbocycles. The molecule has 0 aliphatic heterocycles. The van der Waals surface area contributed by atoms with Crippen LogP contribution in [0.2, 0.25) is 5.02 Å². The van der Waals surface area contributed by atoms with E-state index in [-0.39, 0.29) is 6.04 Å². The van der Waals surface area contributed by atoms with Gasteiger partial charge in [-0.05, 0) is 37.1 Å². The lowest BCUT2D eigenvalue weighted by molar-refractivity contribution is 0.167. The van der Waals surface area contributed by atoms with E-state index in [1.54, 1.807) is 0 Å². The van der Waals surface area contributed by atoms with Crippen molar-refractivity contribution in [2.24, 2.45) is 7.05 Å². The average molecular weight is 344 g/mol. The smallest absolute Gasteiger partial charge is 0.126 e. The molecule has 0 radical (unpaired) electrons. The third kappa shape index (κ3) is 3.78. The molecule has 0 fully saturated rings. The average Bonchev–Trinajstić information content (AvgIpc) is 2.90. The van der Waals surface area contributed by atoms with Gasteiger partial charge >= 0.3 is 0 Å². The van der Waals surface area contributed by atoms with Gasteiger partial charge in [0.2, 0.25) is 0 Å². The summed E-state index contributed by atoms with van der Waals surface area (Å²) in [6, 6.07) is 15.8. The highest BCUT2D eigenvalue weighted by atomic mass is 35.5. The van der Waals surface area contributed by atoms with Crippen LogP contribution in [0.15, 0.2) is 48.5 Å². The number of hydrogen-bond acceptors (Lipinski definition) is 3. The number of hydrogen-bond donors (Lipinski definition) is 2. The van der Waals surface area contributed by atoms with E-state index in [0.29, 0.717) is 18.0 Å². The molecule has 24 heavy (non-hydrogen) atoms. The van der Waals surface area contributed by atoms with Crippen molar-refractivity contribution in [2.75, 3.05) is 6.54 Å². The second-order valence-electron chi connectivity index (χ2n) is 6.14. The maximum Gasteiger partial charge on any atom is 0.126 e. The summed E-state index contributed by atoms with van der Waals surface area (Å²) >= 11 is 6.04. The van der Waals surface area contributed by atoms with Crippen LogP contribution >= 0.6 is 11.6 Å². The lowest BCUT2D eigenvalue weighted by Gasteiger charge is -2.17. The zero-order valence-electron chi connectivity index (χ0n) is 13.9. The Balaban J connectivity index is 1.64. The zero-order valence-corrected chi connectivity index (χ0v) is 14.7. The van der Waals surface area contributed by atoms with Gasteiger partial charge in [0.05, 0.1) is 23.2 Å². The van der Waals surface area contributed by atoms with E-state index in [0.717, 1.165) is 22.4 Å². The highest BCUT2D eigenvalue weighted by Gasteiger charge is 2.16. The van der Waals surface area contributed by atoms with Gasteiger partial charge in [-0.15, -0.1) is 0 Å². The van der Waals surface area contributed by atoms with Crippen LogP contribution in [-0.2, 0) is 13.5 Å². The summed E-state index contributed by atoms with van der Waals surface area (Å²) in [5, 5.41) is 14.3. The number of nitrogens with zero attached hydrogens (tertiary/aromatic N) is 2. The van der Waals surface area contributed by atoms with E-state index in [1.165, 1.54) is 0 Å². The quantitative estimate of drug-likeness (QED) is 0.720. The number of aliphatic hydroxyl groups is 1. The molecule has 2 aromatic carbocycles. The van der Waals surface area contributed by atoms with Crippen LogP contribution in [0.1, 0.15) is 24.4 Å². The first kappa shape index (κ1) is 17.0. The molecule has 2 unspecified atom stereocenters. The summed E-state index contributed by atoms with van der Waals surface area (Å²) in [4.78, 5) is 4.67. The Morgan fingerprint density at radius 3 is 2.71 bits per heavy atom. The van der Waals surface area contributed by atoms with Crippen molar-refractivity contribution in [1.29, 1.82) is 0 Å². The van der Waals surface area contributed by atoms with Gasteiger partial charge in [-0.25, -0.2) is 4.98 Å². The lowest BCUT2D eigenvalue weighted by Crippen LogP contribution is -2.31. The molecular formula is C19H22ClN3O. The molecule has 0 bridgehead atoms. The van der Waals surface area contributed by atoms with E-state index in [2.05, 4.69) is 21.8 Å². The van der Waals surface area contributed by atoms with Gasteiger partial charge < -0.3 is 15.0 Å². The summed E-state index contributed by atoms with van der Waals surface area (Å²) in [6.07, 6.45) is 0.206. The van der Waals surface area contributed by atoms with Crippen molar-refractivity contribution >= 4 is 22.6 Å². The predicted octanol–water partition coefficient (Wildman–Crippen LogP) is 3.48. The monoisotopic (exact) mass is 343 g/mol. The SMILES string of the molecule is CC(NCC(O)Cc1ccccc1)c1nc2cc(Cl)ccc2n1C. The Kier molecular flexibility index (Phi) is 5.19. The standard InChI is InChI=1S/C19H22ClN3O/c1-13(21-12-16(24)10-14-6-4-3-5-7-14)19-22-17-11-15(20)8-9-18(17)23(19)2/h3-9,11,13,16,21,24H,10,12H2,1-2H3. The number of aromatic nitrogens is 2. The molecule has 2 N–H and O–H groups in total. The molecule has 3 rings (SSSR count). The first-order chi connectivity index (χ1) is 11.5. The zero-order chi connectivity index (χ0) is 17.1. The predicted molar refractivity (Wildman–Crippen MR) is 98.3 cm³/mol. The number of benzene rings is 2. The normalized spacial score (nSPS) is 14.0. The first-order valence-corrected chi connectivity index (χ1v) is 8.49. The van der Waals surface area contributed by atoms with Gasteiger partial charge in [0.25, 0.3) is 0 Å². The summed E-state index contributed by atoms with van der Waals surface area (Å²) in [6.45, 7) is 2.57. The first-order valence-electron chi connectivity index (χ1n) is 8.12. The van der Waals surface area contributed by atoms with Crippen LogP contribution in [0.3, 0.4) is 0 Å². The Hall–Kier alpha value is -1.88.